The van der Waals surface area contributed by atoms with Crippen LogP contribution < -0.4 is 5.32 Å². The zero-order valence-electron chi connectivity index (χ0n) is 14.3. The van der Waals surface area contributed by atoms with Crippen LogP contribution >= 0.6 is 11.6 Å². The Morgan fingerprint density at radius 1 is 1.29 bits per heavy atom. The minimum absolute atomic E-state index is 0.0531. The topological polar surface area (TPSA) is 48.1 Å². The van der Waals surface area contributed by atoms with Crippen molar-refractivity contribution >= 4 is 28.4 Å². The summed E-state index contributed by atoms with van der Waals surface area (Å²) in [6.45, 7) is 1.74. The number of amides is 1. The summed E-state index contributed by atoms with van der Waals surface area (Å²) in [4.78, 5) is 17.8. The fraction of sp³-hybridized carbons (Fsp3) is 0.526. The lowest BCUT2D eigenvalue weighted by Gasteiger charge is -2.31. The summed E-state index contributed by atoms with van der Waals surface area (Å²) >= 11 is 5.98. The molecule has 1 aliphatic rings. The molecule has 0 aliphatic heterocycles. The molecule has 1 saturated carbocycles. The normalized spacial score (nSPS) is 16.0. The Labute approximate surface area is 148 Å². The van der Waals surface area contributed by atoms with E-state index in [0.29, 0.717) is 17.3 Å². The van der Waals surface area contributed by atoms with Crippen LogP contribution in [0.5, 0.6) is 0 Å². The van der Waals surface area contributed by atoms with E-state index in [1.54, 1.807) is 0 Å². The molecule has 2 N–H and O–H groups in total. The smallest absolute Gasteiger partial charge is 0.267 e. The number of carbonyl (C=O) groups is 1. The van der Waals surface area contributed by atoms with E-state index < -0.39 is 0 Å². The van der Waals surface area contributed by atoms with Crippen LogP contribution in [-0.4, -0.2) is 42.0 Å². The Kier molecular flexibility index (Phi) is 5.80. The molecule has 1 amide bonds. The highest BCUT2D eigenvalue weighted by molar-refractivity contribution is 6.31. The lowest BCUT2D eigenvalue weighted by Crippen LogP contribution is -2.35. The highest BCUT2D eigenvalue weighted by Gasteiger charge is 2.17. The quantitative estimate of drug-likeness (QED) is 0.769. The molecule has 0 spiro atoms. The van der Waals surface area contributed by atoms with Gasteiger partial charge in [-0.2, -0.15) is 0 Å². The van der Waals surface area contributed by atoms with E-state index in [1.165, 1.54) is 32.1 Å². The first-order chi connectivity index (χ1) is 11.6. The van der Waals surface area contributed by atoms with Crippen LogP contribution in [-0.2, 0) is 0 Å². The maximum absolute atomic E-state index is 12.3. The molecule has 1 aromatic carbocycles. The van der Waals surface area contributed by atoms with Crippen molar-refractivity contribution in [1.82, 2.24) is 15.2 Å². The molecule has 0 unspecified atom stereocenters. The van der Waals surface area contributed by atoms with Gasteiger partial charge < -0.3 is 15.2 Å². The maximum Gasteiger partial charge on any atom is 0.267 e. The lowest BCUT2D eigenvalue weighted by atomic mass is 9.94. The fourth-order valence-corrected chi connectivity index (χ4v) is 3.72. The second kappa shape index (κ2) is 8.04. The summed E-state index contributed by atoms with van der Waals surface area (Å²) < 4.78 is 0. The minimum atomic E-state index is -0.0531. The average molecular weight is 348 g/mol. The molecule has 4 nitrogen and oxygen atoms in total. The van der Waals surface area contributed by atoms with E-state index in [2.05, 4.69) is 22.2 Å². The van der Waals surface area contributed by atoms with Gasteiger partial charge in [0.2, 0.25) is 0 Å². The molecular formula is C19H26ClN3O. The molecule has 3 rings (SSSR count). The Morgan fingerprint density at radius 3 is 2.88 bits per heavy atom. The molecule has 1 fully saturated rings. The number of aromatic amines is 1. The Morgan fingerprint density at radius 2 is 2.08 bits per heavy atom. The number of rotatable bonds is 6. The number of halogens is 1. The molecule has 2 aromatic rings. The Hall–Kier alpha value is -1.52. The van der Waals surface area contributed by atoms with Gasteiger partial charge in [0.05, 0.1) is 0 Å². The third-order valence-corrected chi connectivity index (χ3v) is 5.24. The molecule has 1 aromatic heterocycles. The molecule has 0 saturated heterocycles. The predicted molar refractivity (Wildman–Crippen MR) is 99.8 cm³/mol. The molecular weight excluding hydrogens is 322 g/mol. The number of benzene rings is 1. The third-order valence-electron chi connectivity index (χ3n) is 5.00. The number of H-pyrrole nitrogens is 1. The third kappa shape index (κ3) is 4.31. The number of fused-ring (bicyclic) bond motifs is 1. The van der Waals surface area contributed by atoms with E-state index in [4.69, 9.17) is 11.6 Å². The second-order valence-electron chi connectivity index (χ2n) is 6.80. The van der Waals surface area contributed by atoms with Crippen molar-refractivity contribution in [3.63, 3.8) is 0 Å². The summed E-state index contributed by atoms with van der Waals surface area (Å²) in [7, 11) is 2.21. The van der Waals surface area contributed by atoms with Crippen molar-refractivity contribution < 1.29 is 4.79 Å². The summed E-state index contributed by atoms with van der Waals surface area (Å²) in [5, 5.41) is 4.67. The highest BCUT2D eigenvalue weighted by Crippen LogP contribution is 2.22. The summed E-state index contributed by atoms with van der Waals surface area (Å²) in [5.41, 5.74) is 1.48. The number of hydrogen-bond acceptors (Lipinski definition) is 2. The van der Waals surface area contributed by atoms with E-state index in [0.717, 1.165) is 29.9 Å². The van der Waals surface area contributed by atoms with E-state index >= 15 is 0 Å². The van der Waals surface area contributed by atoms with Crippen LogP contribution in [0.3, 0.4) is 0 Å². The summed E-state index contributed by atoms with van der Waals surface area (Å²) in [5.74, 6) is -0.0531. The van der Waals surface area contributed by atoms with Crippen molar-refractivity contribution in [3.8, 4) is 0 Å². The van der Waals surface area contributed by atoms with Gasteiger partial charge in [0.15, 0.2) is 0 Å². The van der Waals surface area contributed by atoms with Gasteiger partial charge in [0.25, 0.3) is 5.91 Å². The zero-order valence-corrected chi connectivity index (χ0v) is 15.0. The monoisotopic (exact) mass is 347 g/mol. The molecule has 1 heterocycles. The molecule has 5 heteroatoms. The van der Waals surface area contributed by atoms with E-state index in [9.17, 15) is 4.79 Å². The number of nitrogens with zero attached hydrogens (tertiary/aromatic N) is 1. The molecule has 1 aliphatic carbocycles. The van der Waals surface area contributed by atoms with Gasteiger partial charge in [-0.15, -0.1) is 0 Å². The molecule has 0 bridgehead atoms. The maximum atomic E-state index is 12.3. The van der Waals surface area contributed by atoms with Crippen molar-refractivity contribution in [3.05, 3.63) is 35.0 Å². The van der Waals surface area contributed by atoms with Crippen molar-refractivity contribution in [2.24, 2.45) is 0 Å². The van der Waals surface area contributed by atoms with Gasteiger partial charge in [0.1, 0.15) is 5.69 Å². The lowest BCUT2D eigenvalue weighted by molar-refractivity contribution is 0.0946. The molecule has 0 radical (unpaired) electrons. The minimum Gasteiger partial charge on any atom is -0.351 e. The first-order valence-corrected chi connectivity index (χ1v) is 9.28. The van der Waals surface area contributed by atoms with Crippen LogP contribution in [0.4, 0.5) is 0 Å². The zero-order chi connectivity index (χ0) is 16.9. The fourth-order valence-electron chi connectivity index (χ4n) is 3.55. The van der Waals surface area contributed by atoms with E-state index in [1.807, 2.05) is 24.3 Å². The molecule has 130 valence electrons. The van der Waals surface area contributed by atoms with Crippen molar-refractivity contribution in [2.75, 3.05) is 20.1 Å². The first kappa shape index (κ1) is 17.3. The summed E-state index contributed by atoms with van der Waals surface area (Å²) in [6.07, 6.45) is 7.72. The van der Waals surface area contributed by atoms with Gasteiger partial charge in [-0.3, -0.25) is 4.79 Å². The average Bonchev–Trinajstić information content (AvgIpc) is 3.02. The van der Waals surface area contributed by atoms with Crippen LogP contribution in [0.15, 0.2) is 24.3 Å². The Bertz CT molecular complexity index is 691. The van der Waals surface area contributed by atoms with Crippen LogP contribution in [0.1, 0.15) is 49.0 Å². The highest BCUT2D eigenvalue weighted by atomic mass is 35.5. The van der Waals surface area contributed by atoms with Gasteiger partial charge in [-0.05, 0) is 51.1 Å². The van der Waals surface area contributed by atoms with Gasteiger partial charge in [-0.1, -0.05) is 36.9 Å². The molecule has 24 heavy (non-hydrogen) atoms. The predicted octanol–water partition coefficient (Wildman–Crippen LogP) is 4.21. The van der Waals surface area contributed by atoms with Gasteiger partial charge in [0, 0.05) is 28.5 Å². The first-order valence-electron chi connectivity index (χ1n) is 8.90. The summed E-state index contributed by atoms with van der Waals surface area (Å²) in [6, 6.07) is 8.19. The number of aromatic nitrogens is 1. The number of hydrogen-bond donors (Lipinski definition) is 2. The van der Waals surface area contributed by atoms with Crippen LogP contribution in [0.2, 0.25) is 5.02 Å². The van der Waals surface area contributed by atoms with Gasteiger partial charge >= 0.3 is 0 Å². The van der Waals surface area contributed by atoms with Gasteiger partial charge in [-0.25, -0.2) is 0 Å². The van der Waals surface area contributed by atoms with E-state index in [-0.39, 0.29) is 5.91 Å². The second-order valence-corrected chi connectivity index (χ2v) is 7.23. The van der Waals surface area contributed by atoms with Crippen molar-refractivity contribution in [2.45, 2.75) is 44.6 Å². The Balaban J connectivity index is 1.44. The molecule has 0 atom stereocenters. The van der Waals surface area contributed by atoms with Crippen LogP contribution in [0.25, 0.3) is 10.9 Å². The SMILES string of the molecule is CN(CCCNC(=O)c1cc2ccc(Cl)cc2[nH]1)C1CCCCC1. The van der Waals surface area contributed by atoms with Crippen LogP contribution in [0, 0.1) is 0 Å². The number of nitrogens with one attached hydrogen (secondary N) is 2. The standard InChI is InChI=1S/C19H26ClN3O/c1-23(16-6-3-2-4-7-16)11-5-10-21-19(24)18-12-14-8-9-15(20)13-17(14)22-18/h8-9,12-13,16,22H,2-7,10-11H2,1H3,(H,21,24). The number of carbonyl (C=O) groups excluding carboxylic acids is 1. The van der Waals surface area contributed by atoms with Crippen molar-refractivity contribution in [1.29, 1.82) is 0 Å². The largest absolute Gasteiger partial charge is 0.351 e.